The van der Waals surface area contributed by atoms with Gasteiger partial charge in [-0.05, 0) is 25.5 Å². The van der Waals surface area contributed by atoms with Crippen LogP contribution in [0, 0.1) is 0 Å². The van der Waals surface area contributed by atoms with Gasteiger partial charge in [-0.1, -0.05) is 38.7 Å². The Balaban J connectivity index is 2.48. The number of para-hydroxylation sites is 1. The standard InChI is InChI=1S/C15H24N2O2/c1-3-4-5-6-8-11(2)17-15(19)12-9-7-10-13(16)14(12)18/h7,9-11,18H,3-6,8,16H2,1-2H3,(H,17,19). The zero-order chi connectivity index (χ0) is 14.3. The fraction of sp³-hybridized carbons (Fsp3) is 0.533. The molecule has 0 radical (unpaired) electrons. The molecule has 0 fully saturated rings. The van der Waals surface area contributed by atoms with Gasteiger partial charge in [0.2, 0.25) is 0 Å². The second kappa shape index (κ2) is 7.67. The summed E-state index contributed by atoms with van der Waals surface area (Å²) in [6, 6.07) is 4.91. The van der Waals surface area contributed by atoms with Crippen molar-refractivity contribution < 1.29 is 9.90 Å². The van der Waals surface area contributed by atoms with Crippen molar-refractivity contribution >= 4 is 11.6 Å². The van der Waals surface area contributed by atoms with E-state index in [9.17, 15) is 9.90 Å². The molecule has 1 aromatic carbocycles. The summed E-state index contributed by atoms with van der Waals surface area (Å²) in [4.78, 5) is 12.0. The van der Waals surface area contributed by atoms with Crippen molar-refractivity contribution in [1.29, 1.82) is 0 Å². The number of phenols is 1. The Labute approximate surface area is 115 Å². The van der Waals surface area contributed by atoms with Gasteiger partial charge in [-0.2, -0.15) is 0 Å². The van der Waals surface area contributed by atoms with E-state index in [2.05, 4.69) is 12.2 Å². The lowest BCUT2D eigenvalue weighted by Gasteiger charge is -2.14. The summed E-state index contributed by atoms with van der Waals surface area (Å²) < 4.78 is 0. The van der Waals surface area contributed by atoms with Crippen LogP contribution in [0.3, 0.4) is 0 Å². The van der Waals surface area contributed by atoms with Gasteiger partial charge in [-0.25, -0.2) is 0 Å². The lowest BCUT2D eigenvalue weighted by molar-refractivity contribution is 0.0935. The number of hydrogen-bond donors (Lipinski definition) is 3. The number of unbranched alkanes of at least 4 members (excludes halogenated alkanes) is 3. The summed E-state index contributed by atoms with van der Waals surface area (Å²) in [6.07, 6.45) is 5.70. The summed E-state index contributed by atoms with van der Waals surface area (Å²) in [5, 5.41) is 12.6. The van der Waals surface area contributed by atoms with Gasteiger partial charge in [-0.3, -0.25) is 4.79 Å². The fourth-order valence-corrected chi connectivity index (χ4v) is 2.00. The fourth-order valence-electron chi connectivity index (χ4n) is 2.00. The Hall–Kier alpha value is -1.71. The van der Waals surface area contributed by atoms with Crippen molar-refractivity contribution in [1.82, 2.24) is 5.32 Å². The summed E-state index contributed by atoms with van der Waals surface area (Å²) >= 11 is 0. The molecule has 1 rings (SSSR count). The molecule has 4 heteroatoms. The third-order valence-corrected chi connectivity index (χ3v) is 3.18. The molecule has 106 valence electrons. The first-order valence-electron chi connectivity index (χ1n) is 6.94. The number of carbonyl (C=O) groups is 1. The molecular weight excluding hydrogens is 240 g/mol. The van der Waals surface area contributed by atoms with Crippen LogP contribution in [0.5, 0.6) is 5.75 Å². The van der Waals surface area contributed by atoms with Crippen molar-refractivity contribution in [3.05, 3.63) is 23.8 Å². The van der Waals surface area contributed by atoms with Gasteiger partial charge in [-0.15, -0.1) is 0 Å². The number of nitrogen functional groups attached to an aromatic ring is 1. The highest BCUT2D eigenvalue weighted by atomic mass is 16.3. The molecule has 0 aliphatic rings. The molecule has 4 nitrogen and oxygen atoms in total. The highest BCUT2D eigenvalue weighted by Crippen LogP contribution is 2.24. The Bertz CT molecular complexity index is 419. The van der Waals surface area contributed by atoms with Gasteiger partial charge in [0, 0.05) is 6.04 Å². The molecule has 19 heavy (non-hydrogen) atoms. The van der Waals surface area contributed by atoms with E-state index in [-0.39, 0.29) is 28.9 Å². The topological polar surface area (TPSA) is 75.4 Å². The molecule has 1 atom stereocenters. The van der Waals surface area contributed by atoms with E-state index in [0.717, 1.165) is 12.8 Å². The number of hydrogen-bond acceptors (Lipinski definition) is 3. The van der Waals surface area contributed by atoms with E-state index in [0.29, 0.717) is 0 Å². The van der Waals surface area contributed by atoms with Crippen molar-refractivity contribution in [2.45, 2.75) is 52.0 Å². The zero-order valence-corrected chi connectivity index (χ0v) is 11.8. The van der Waals surface area contributed by atoms with E-state index in [1.165, 1.54) is 19.3 Å². The third kappa shape index (κ3) is 4.81. The Morgan fingerprint density at radius 2 is 2.11 bits per heavy atom. The quantitative estimate of drug-likeness (QED) is 0.402. The predicted octanol–water partition coefficient (Wildman–Crippen LogP) is 3.06. The minimum atomic E-state index is -0.271. The average Bonchev–Trinajstić information content (AvgIpc) is 2.38. The van der Waals surface area contributed by atoms with E-state index in [4.69, 9.17) is 5.73 Å². The van der Waals surface area contributed by atoms with Gasteiger partial charge < -0.3 is 16.2 Å². The molecule has 4 N–H and O–H groups in total. The lowest BCUT2D eigenvalue weighted by atomic mass is 10.1. The van der Waals surface area contributed by atoms with Crippen LogP contribution in [0.25, 0.3) is 0 Å². The molecular formula is C15H24N2O2. The average molecular weight is 264 g/mol. The maximum Gasteiger partial charge on any atom is 0.255 e. The number of nitrogens with two attached hydrogens (primary N) is 1. The molecule has 0 aliphatic heterocycles. The number of rotatable bonds is 7. The molecule has 1 unspecified atom stereocenters. The van der Waals surface area contributed by atoms with Crippen LogP contribution < -0.4 is 11.1 Å². The van der Waals surface area contributed by atoms with Crippen LogP contribution >= 0.6 is 0 Å². The molecule has 0 aliphatic carbocycles. The molecule has 0 aromatic heterocycles. The van der Waals surface area contributed by atoms with E-state index in [1.54, 1.807) is 18.2 Å². The molecule has 0 spiro atoms. The number of nitrogens with one attached hydrogen (secondary N) is 1. The van der Waals surface area contributed by atoms with Gasteiger partial charge >= 0.3 is 0 Å². The van der Waals surface area contributed by atoms with Crippen molar-refractivity contribution in [2.24, 2.45) is 0 Å². The van der Waals surface area contributed by atoms with Gasteiger partial charge in [0.05, 0.1) is 11.3 Å². The van der Waals surface area contributed by atoms with Crippen molar-refractivity contribution in [2.75, 3.05) is 5.73 Å². The highest BCUT2D eigenvalue weighted by molar-refractivity contribution is 5.98. The molecule has 1 amide bonds. The summed E-state index contributed by atoms with van der Waals surface area (Å²) in [5.74, 6) is -0.411. The van der Waals surface area contributed by atoms with E-state index < -0.39 is 0 Å². The SMILES string of the molecule is CCCCCCC(C)NC(=O)c1cccc(N)c1O. The van der Waals surface area contributed by atoms with E-state index >= 15 is 0 Å². The summed E-state index contributed by atoms with van der Waals surface area (Å²) in [5.41, 5.74) is 6.03. The maximum atomic E-state index is 12.0. The minimum absolute atomic E-state index is 0.102. The van der Waals surface area contributed by atoms with Gasteiger partial charge in [0.15, 0.2) is 5.75 Å². The Morgan fingerprint density at radius 1 is 1.37 bits per heavy atom. The zero-order valence-electron chi connectivity index (χ0n) is 11.8. The van der Waals surface area contributed by atoms with Crippen LogP contribution in [-0.2, 0) is 0 Å². The van der Waals surface area contributed by atoms with Gasteiger partial charge in [0.1, 0.15) is 0 Å². The third-order valence-electron chi connectivity index (χ3n) is 3.18. The Kier molecular flexibility index (Phi) is 6.19. The molecule has 0 saturated carbocycles. The number of aromatic hydroxyl groups is 1. The van der Waals surface area contributed by atoms with Crippen molar-refractivity contribution in [3.63, 3.8) is 0 Å². The van der Waals surface area contributed by atoms with E-state index in [1.807, 2.05) is 6.92 Å². The lowest BCUT2D eigenvalue weighted by Crippen LogP contribution is -2.32. The summed E-state index contributed by atoms with van der Waals surface area (Å²) in [6.45, 7) is 4.15. The Morgan fingerprint density at radius 3 is 2.79 bits per heavy atom. The second-order valence-electron chi connectivity index (χ2n) is 4.97. The maximum absolute atomic E-state index is 12.0. The number of anilines is 1. The second-order valence-corrected chi connectivity index (χ2v) is 4.97. The summed E-state index contributed by atoms with van der Waals surface area (Å²) in [7, 11) is 0. The first-order valence-corrected chi connectivity index (χ1v) is 6.94. The smallest absolute Gasteiger partial charge is 0.255 e. The monoisotopic (exact) mass is 264 g/mol. The van der Waals surface area contributed by atoms with Gasteiger partial charge in [0.25, 0.3) is 5.91 Å². The van der Waals surface area contributed by atoms with Crippen LogP contribution in [-0.4, -0.2) is 17.1 Å². The first kappa shape index (κ1) is 15.3. The number of phenolic OH excluding ortho intramolecular Hbond substituents is 1. The largest absolute Gasteiger partial charge is 0.505 e. The molecule has 0 saturated heterocycles. The van der Waals surface area contributed by atoms with Crippen LogP contribution in [0.4, 0.5) is 5.69 Å². The highest BCUT2D eigenvalue weighted by Gasteiger charge is 2.14. The first-order chi connectivity index (χ1) is 9.06. The molecule has 0 heterocycles. The number of amides is 1. The van der Waals surface area contributed by atoms with Crippen LogP contribution in [0.1, 0.15) is 56.3 Å². The molecule has 0 bridgehead atoms. The number of benzene rings is 1. The van der Waals surface area contributed by atoms with Crippen LogP contribution in [0.2, 0.25) is 0 Å². The number of carbonyl (C=O) groups excluding carboxylic acids is 1. The molecule has 1 aromatic rings. The van der Waals surface area contributed by atoms with Crippen LogP contribution in [0.15, 0.2) is 18.2 Å². The van der Waals surface area contributed by atoms with Crippen molar-refractivity contribution in [3.8, 4) is 5.75 Å². The minimum Gasteiger partial charge on any atom is -0.505 e. The predicted molar refractivity (Wildman–Crippen MR) is 78.2 cm³/mol. The normalized spacial score (nSPS) is 12.1.